The molecule has 0 amide bonds. The van der Waals surface area contributed by atoms with Crippen LogP contribution in [0.2, 0.25) is 0 Å². The van der Waals surface area contributed by atoms with Crippen molar-refractivity contribution in [3.8, 4) is 62.2 Å². The summed E-state index contributed by atoms with van der Waals surface area (Å²) in [4.78, 5) is 13.9. The van der Waals surface area contributed by atoms with Crippen LogP contribution in [0, 0.1) is 11.3 Å². The highest BCUT2D eigenvalue weighted by Crippen LogP contribution is 2.41. The molecule has 0 fully saturated rings. The van der Waals surface area contributed by atoms with Crippen molar-refractivity contribution in [3.63, 3.8) is 0 Å². The first kappa shape index (κ1) is 29.6. The molecule has 10 aromatic rings. The van der Waals surface area contributed by atoms with Crippen molar-refractivity contribution >= 4 is 43.7 Å². The van der Waals surface area contributed by atoms with Gasteiger partial charge in [0.2, 0.25) is 0 Å². The predicted octanol–water partition coefficient (Wildman–Crippen LogP) is 12.2. The zero-order valence-electron chi connectivity index (χ0n) is 27.8. The normalized spacial score (nSPS) is 11.4. The summed E-state index contributed by atoms with van der Waals surface area (Å²) < 4.78 is 6.56. The number of nitriles is 1. The Bertz CT molecular complexity index is 2910. The van der Waals surface area contributed by atoms with Crippen LogP contribution in [-0.4, -0.2) is 15.0 Å². The third-order valence-corrected chi connectivity index (χ3v) is 9.88. The summed E-state index contributed by atoms with van der Waals surface area (Å²) in [5, 5.41) is 14.6. The molecule has 5 heteroatoms. The van der Waals surface area contributed by atoms with Gasteiger partial charge in [-0.1, -0.05) is 121 Å². The molecule has 0 aliphatic heterocycles. The van der Waals surface area contributed by atoms with Crippen LogP contribution in [0.15, 0.2) is 168 Å². The van der Waals surface area contributed by atoms with Gasteiger partial charge in [0.15, 0.2) is 5.82 Å². The third-order valence-electron chi connectivity index (χ3n) is 9.88. The molecule has 0 atom stereocenters. The summed E-state index contributed by atoms with van der Waals surface area (Å²) in [5.74, 6) is 0.588. The maximum absolute atomic E-state index is 10.1. The van der Waals surface area contributed by atoms with E-state index in [2.05, 4.69) is 96.0 Å². The SMILES string of the molecule is N#Cc1ccccc1-c1cc(-c2cc(-c3cccc4c3[nH]c3ccccc34)cc(-c3cccc4c3oc3ccccc34)c2)nc(-c2ccccc2)n1. The van der Waals surface area contributed by atoms with Gasteiger partial charge in [-0.3, -0.25) is 0 Å². The molecule has 3 aromatic heterocycles. The van der Waals surface area contributed by atoms with Crippen LogP contribution < -0.4 is 0 Å². The number of furan rings is 1. The number of aromatic amines is 1. The van der Waals surface area contributed by atoms with E-state index in [9.17, 15) is 5.26 Å². The molecule has 0 radical (unpaired) electrons. The van der Waals surface area contributed by atoms with Gasteiger partial charge in [-0.15, -0.1) is 0 Å². The molecule has 0 saturated heterocycles. The Balaban J connectivity index is 1.27. The maximum atomic E-state index is 10.1. The molecule has 10 rings (SSSR count). The summed E-state index contributed by atoms with van der Waals surface area (Å²) in [6.07, 6.45) is 0. The van der Waals surface area contributed by atoms with E-state index in [0.29, 0.717) is 17.1 Å². The second-order valence-corrected chi connectivity index (χ2v) is 13.0. The number of hydrogen-bond donors (Lipinski definition) is 1. The van der Waals surface area contributed by atoms with Gasteiger partial charge in [0.1, 0.15) is 11.2 Å². The van der Waals surface area contributed by atoms with Gasteiger partial charge in [-0.25, -0.2) is 9.97 Å². The van der Waals surface area contributed by atoms with Gasteiger partial charge in [-0.2, -0.15) is 5.26 Å². The molecular weight excluding hydrogens is 637 g/mol. The minimum atomic E-state index is 0.558. The fraction of sp³-hybridized carbons (Fsp3) is 0. The van der Waals surface area contributed by atoms with Crippen molar-refractivity contribution in [2.75, 3.05) is 0 Å². The Kier molecular flexibility index (Phi) is 6.80. The molecule has 0 aliphatic rings. The van der Waals surface area contributed by atoms with E-state index >= 15 is 0 Å². The molecule has 0 aliphatic carbocycles. The number of rotatable bonds is 5. The van der Waals surface area contributed by atoms with Crippen LogP contribution in [-0.2, 0) is 0 Å². The second-order valence-electron chi connectivity index (χ2n) is 13.0. The first-order valence-corrected chi connectivity index (χ1v) is 17.2. The van der Waals surface area contributed by atoms with Gasteiger partial charge in [0.25, 0.3) is 0 Å². The van der Waals surface area contributed by atoms with Gasteiger partial charge in [0, 0.05) is 54.9 Å². The lowest BCUT2D eigenvalue weighted by Gasteiger charge is -2.14. The average Bonchev–Trinajstić information content (AvgIpc) is 3.79. The standard InChI is InChI=1S/C47H28N4O/c48-28-30-14-4-5-15-34(30)43-27-42(50-47(51-43)29-12-2-1-3-13-29)33-25-31(35-18-10-20-39-37-16-6-8-22-41(37)49-45(35)39)24-32(26-33)36-19-11-21-40-38-17-7-9-23-44(38)52-46(36)40/h1-27,49H. The zero-order chi connectivity index (χ0) is 34.6. The van der Waals surface area contributed by atoms with Crippen molar-refractivity contribution in [2.45, 2.75) is 0 Å². The lowest BCUT2D eigenvalue weighted by Crippen LogP contribution is -1.97. The number of benzene rings is 7. The minimum absolute atomic E-state index is 0.558. The molecule has 242 valence electrons. The highest BCUT2D eigenvalue weighted by atomic mass is 16.3. The van der Waals surface area contributed by atoms with Crippen molar-refractivity contribution in [1.82, 2.24) is 15.0 Å². The van der Waals surface area contributed by atoms with E-state index < -0.39 is 0 Å². The first-order valence-electron chi connectivity index (χ1n) is 17.2. The van der Waals surface area contributed by atoms with E-state index in [1.54, 1.807) is 0 Å². The number of aromatic nitrogens is 3. The smallest absolute Gasteiger partial charge is 0.160 e. The number of H-pyrrole nitrogens is 1. The van der Waals surface area contributed by atoms with Crippen molar-refractivity contribution in [2.24, 2.45) is 0 Å². The van der Waals surface area contributed by atoms with Crippen molar-refractivity contribution in [3.05, 3.63) is 169 Å². The van der Waals surface area contributed by atoms with E-state index in [1.165, 1.54) is 10.8 Å². The number of nitrogens with one attached hydrogen (secondary N) is 1. The van der Waals surface area contributed by atoms with Gasteiger partial charge < -0.3 is 9.40 Å². The summed E-state index contributed by atoms with van der Waals surface area (Å²) >= 11 is 0. The van der Waals surface area contributed by atoms with Crippen LogP contribution >= 0.6 is 0 Å². The molecule has 1 N–H and O–H groups in total. The molecule has 52 heavy (non-hydrogen) atoms. The highest BCUT2D eigenvalue weighted by molar-refractivity contribution is 6.13. The van der Waals surface area contributed by atoms with Crippen LogP contribution in [0.25, 0.3) is 99.9 Å². The number of para-hydroxylation sites is 4. The Morgan fingerprint density at radius 1 is 0.481 bits per heavy atom. The molecule has 7 aromatic carbocycles. The molecule has 3 heterocycles. The molecule has 5 nitrogen and oxygen atoms in total. The monoisotopic (exact) mass is 664 g/mol. The van der Waals surface area contributed by atoms with E-state index in [0.717, 1.165) is 77.6 Å². The summed E-state index contributed by atoms with van der Waals surface area (Å²) in [6.45, 7) is 0. The fourth-order valence-electron chi connectivity index (χ4n) is 7.43. The topological polar surface area (TPSA) is 78.5 Å². The van der Waals surface area contributed by atoms with E-state index in [1.807, 2.05) is 78.9 Å². The fourth-order valence-corrected chi connectivity index (χ4v) is 7.43. The maximum Gasteiger partial charge on any atom is 0.160 e. The quantitative estimate of drug-likeness (QED) is 0.199. The lowest BCUT2D eigenvalue weighted by atomic mass is 9.92. The van der Waals surface area contributed by atoms with Crippen LogP contribution in [0.5, 0.6) is 0 Å². The average molecular weight is 665 g/mol. The second kappa shape index (κ2) is 11.9. The number of nitrogens with zero attached hydrogens (tertiary/aromatic N) is 3. The molecule has 0 bridgehead atoms. The Morgan fingerprint density at radius 3 is 1.98 bits per heavy atom. The lowest BCUT2D eigenvalue weighted by molar-refractivity contribution is 0.670. The Labute approximate surface area is 299 Å². The molecule has 0 unspecified atom stereocenters. The highest BCUT2D eigenvalue weighted by Gasteiger charge is 2.19. The van der Waals surface area contributed by atoms with Crippen molar-refractivity contribution in [1.29, 1.82) is 5.26 Å². The molecule has 0 spiro atoms. The van der Waals surface area contributed by atoms with Crippen molar-refractivity contribution < 1.29 is 4.42 Å². The summed E-state index contributed by atoms with van der Waals surface area (Å²) in [5.41, 5.74) is 12.6. The van der Waals surface area contributed by atoms with Gasteiger partial charge in [-0.05, 0) is 53.6 Å². The minimum Gasteiger partial charge on any atom is -0.455 e. The number of fused-ring (bicyclic) bond motifs is 6. The van der Waals surface area contributed by atoms with Crippen LogP contribution in [0.4, 0.5) is 0 Å². The Morgan fingerprint density at radius 2 is 1.12 bits per heavy atom. The predicted molar refractivity (Wildman–Crippen MR) is 211 cm³/mol. The number of hydrogen-bond acceptors (Lipinski definition) is 4. The van der Waals surface area contributed by atoms with E-state index in [-0.39, 0.29) is 0 Å². The zero-order valence-corrected chi connectivity index (χ0v) is 27.8. The largest absolute Gasteiger partial charge is 0.455 e. The van der Waals surface area contributed by atoms with Gasteiger partial charge in [0.05, 0.1) is 28.5 Å². The van der Waals surface area contributed by atoms with E-state index in [4.69, 9.17) is 14.4 Å². The molecular formula is C47H28N4O. The van der Waals surface area contributed by atoms with Gasteiger partial charge >= 0.3 is 0 Å². The first-order chi connectivity index (χ1) is 25.7. The molecule has 0 saturated carbocycles. The third kappa shape index (κ3) is 4.86. The summed E-state index contributed by atoms with van der Waals surface area (Å²) in [6, 6.07) is 58.0. The Hall–Kier alpha value is -7.29. The van der Waals surface area contributed by atoms with Crippen LogP contribution in [0.1, 0.15) is 5.56 Å². The van der Waals surface area contributed by atoms with Crippen LogP contribution in [0.3, 0.4) is 0 Å². The summed E-state index contributed by atoms with van der Waals surface area (Å²) in [7, 11) is 0.